The van der Waals surface area contributed by atoms with E-state index >= 15 is 0 Å². The van der Waals surface area contributed by atoms with Crippen molar-refractivity contribution < 1.29 is 27.9 Å². The van der Waals surface area contributed by atoms with E-state index in [4.69, 9.17) is 4.74 Å². The van der Waals surface area contributed by atoms with Gasteiger partial charge >= 0.3 is 0 Å². The summed E-state index contributed by atoms with van der Waals surface area (Å²) in [6.07, 6.45) is 1.42. The summed E-state index contributed by atoms with van der Waals surface area (Å²) < 4.78 is 31.3. The van der Waals surface area contributed by atoms with Crippen molar-refractivity contribution >= 4 is 27.6 Å². The molecule has 1 aliphatic heterocycles. The van der Waals surface area contributed by atoms with Crippen LogP contribution in [-0.2, 0) is 24.3 Å². The lowest BCUT2D eigenvalue weighted by atomic mass is 10.3. The van der Waals surface area contributed by atoms with Gasteiger partial charge in [0.1, 0.15) is 0 Å². The van der Waals surface area contributed by atoms with E-state index in [1.807, 2.05) is 0 Å². The van der Waals surface area contributed by atoms with Gasteiger partial charge in [-0.1, -0.05) is 0 Å². The summed E-state index contributed by atoms with van der Waals surface area (Å²) in [7, 11) is -3.59. The zero-order chi connectivity index (χ0) is 16.9. The topological polar surface area (TPSA) is 116 Å². The molecular formula is C14H15N2O6S-. The van der Waals surface area contributed by atoms with Gasteiger partial charge < -0.3 is 20.0 Å². The first-order valence-corrected chi connectivity index (χ1v) is 8.21. The standard InChI is InChI=1S/C14H16N2O6S/c17-13(5-6-14(18)19)15-11-1-3-12(4-2-11)23(20,21)16-7-9-22-10-8-16/h1-6H,7-10H2,(H,15,17)(H,18,19)/p-1/b6-5+. The van der Waals surface area contributed by atoms with Crippen LogP contribution in [0.15, 0.2) is 41.3 Å². The fourth-order valence-corrected chi connectivity index (χ4v) is 3.38. The first-order chi connectivity index (χ1) is 10.9. The molecule has 1 amide bonds. The Kier molecular flexibility index (Phi) is 5.48. The number of anilines is 1. The molecular weight excluding hydrogens is 324 g/mol. The van der Waals surface area contributed by atoms with Crippen molar-refractivity contribution in [2.75, 3.05) is 31.6 Å². The number of rotatable bonds is 5. The lowest BCUT2D eigenvalue weighted by molar-refractivity contribution is -0.297. The van der Waals surface area contributed by atoms with Crippen LogP contribution in [0, 0.1) is 0 Å². The Labute approximate surface area is 133 Å². The van der Waals surface area contributed by atoms with Crippen molar-refractivity contribution in [3.8, 4) is 0 Å². The summed E-state index contributed by atoms with van der Waals surface area (Å²) in [6.45, 7) is 1.32. The molecule has 124 valence electrons. The minimum Gasteiger partial charge on any atom is -0.545 e. The molecule has 23 heavy (non-hydrogen) atoms. The molecule has 0 saturated carbocycles. The number of hydrogen-bond donors (Lipinski definition) is 1. The minimum atomic E-state index is -3.59. The molecule has 8 nitrogen and oxygen atoms in total. The zero-order valence-electron chi connectivity index (χ0n) is 12.1. The number of carbonyl (C=O) groups is 2. The van der Waals surface area contributed by atoms with Gasteiger partial charge in [-0.05, 0) is 30.3 Å². The van der Waals surface area contributed by atoms with Crippen LogP contribution in [-0.4, -0.2) is 50.9 Å². The van der Waals surface area contributed by atoms with Gasteiger partial charge in [0.25, 0.3) is 0 Å². The van der Waals surface area contributed by atoms with Gasteiger partial charge in [-0.15, -0.1) is 0 Å². The van der Waals surface area contributed by atoms with Gasteiger partial charge in [0, 0.05) is 24.9 Å². The third-order valence-corrected chi connectivity index (χ3v) is 5.01. The molecule has 0 aromatic heterocycles. The van der Waals surface area contributed by atoms with Crippen LogP contribution in [0.2, 0.25) is 0 Å². The lowest BCUT2D eigenvalue weighted by Gasteiger charge is -2.26. The summed E-state index contributed by atoms with van der Waals surface area (Å²) in [5.74, 6) is -2.13. The second-order valence-corrected chi connectivity index (χ2v) is 6.62. The number of amides is 1. The highest BCUT2D eigenvalue weighted by molar-refractivity contribution is 7.89. The number of ether oxygens (including phenoxy) is 1. The molecule has 2 rings (SSSR count). The smallest absolute Gasteiger partial charge is 0.248 e. The van der Waals surface area contributed by atoms with E-state index in [0.717, 1.165) is 6.08 Å². The van der Waals surface area contributed by atoms with Gasteiger partial charge in [0.2, 0.25) is 15.9 Å². The third-order valence-electron chi connectivity index (χ3n) is 3.10. The average molecular weight is 339 g/mol. The first-order valence-electron chi connectivity index (χ1n) is 6.77. The van der Waals surface area contributed by atoms with E-state index in [1.54, 1.807) is 0 Å². The van der Waals surface area contributed by atoms with Crippen LogP contribution in [0.5, 0.6) is 0 Å². The second kappa shape index (κ2) is 7.36. The Morgan fingerprint density at radius 2 is 1.74 bits per heavy atom. The van der Waals surface area contributed by atoms with Crippen LogP contribution in [0.4, 0.5) is 5.69 Å². The normalized spacial score (nSPS) is 16.3. The van der Waals surface area contributed by atoms with Gasteiger partial charge in [-0.3, -0.25) is 4.79 Å². The van der Waals surface area contributed by atoms with Crippen LogP contribution >= 0.6 is 0 Å². The fourth-order valence-electron chi connectivity index (χ4n) is 1.97. The second-order valence-electron chi connectivity index (χ2n) is 4.68. The van der Waals surface area contributed by atoms with E-state index in [2.05, 4.69) is 5.32 Å². The Morgan fingerprint density at radius 1 is 1.13 bits per heavy atom. The van der Waals surface area contributed by atoms with Crippen LogP contribution < -0.4 is 10.4 Å². The largest absolute Gasteiger partial charge is 0.545 e. The molecule has 1 aromatic rings. The molecule has 0 atom stereocenters. The summed E-state index contributed by atoms with van der Waals surface area (Å²) >= 11 is 0. The van der Waals surface area contributed by atoms with Gasteiger partial charge in [-0.2, -0.15) is 4.31 Å². The molecule has 0 spiro atoms. The number of morpholine rings is 1. The first kappa shape index (κ1) is 17.1. The molecule has 0 bridgehead atoms. The third kappa shape index (κ3) is 4.62. The van der Waals surface area contributed by atoms with E-state index in [1.165, 1.54) is 28.6 Å². The van der Waals surface area contributed by atoms with E-state index in [0.29, 0.717) is 38.1 Å². The highest BCUT2D eigenvalue weighted by Crippen LogP contribution is 2.19. The molecule has 1 aromatic carbocycles. The van der Waals surface area contributed by atoms with Crippen molar-refractivity contribution in [1.82, 2.24) is 4.31 Å². The van der Waals surface area contributed by atoms with E-state index in [-0.39, 0.29) is 4.90 Å². The molecule has 0 aliphatic carbocycles. The number of carbonyl (C=O) groups excluding carboxylic acids is 2. The number of sulfonamides is 1. The number of aliphatic carboxylic acids is 1. The minimum absolute atomic E-state index is 0.114. The molecule has 1 fully saturated rings. The summed E-state index contributed by atoms with van der Waals surface area (Å²) in [5.41, 5.74) is 0.346. The maximum atomic E-state index is 12.4. The number of hydrogen-bond acceptors (Lipinski definition) is 6. The fraction of sp³-hybridized carbons (Fsp3) is 0.286. The Hall–Kier alpha value is -2.23. The van der Waals surface area contributed by atoms with Gasteiger partial charge in [0.05, 0.1) is 24.1 Å². The van der Waals surface area contributed by atoms with Crippen molar-refractivity contribution in [2.24, 2.45) is 0 Å². The molecule has 0 unspecified atom stereocenters. The van der Waals surface area contributed by atoms with E-state index < -0.39 is 21.9 Å². The van der Waals surface area contributed by atoms with Crippen LogP contribution in [0.25, 0.3) is 0 Å². The molecule has 0 radical (unpaired) electrons. The predicted molar refractivity (Wildman–Crippen MR) is 78.8 cm³/mol. The predicted octanol–water partition coefficient (Wildman–Crippen LogP) is -1.05. The highest BCUT2D eigenvalue weighted by atomic mass is 32.2. The quantitative estimate of drug-likeness (QED) is 0.685. The van der Waals surface area contributed by atoms with Crippen molar-refractivity contribution in [3.05, 3.63) is 36.4 Å². The summed E-state index contributed by atoms with van der Waals surface area (Å²) in [5, 5.41) is 12.6. The van der Waals surface area contributed by atoms with Crippen LogP contribution in [0.3, 0.4) is 0 Å². The lowest BCUT2D eigenvalue weighted by Crippen LogP contribution is -2.40. The number of carboxylic acids is 1. The average Bonchev–Trinajstić information content (AvgIpc) is 2.54. The maximum absolute atomic E-state index is 12.4. The Balaban J connectivity index is 2.07. The number of benzene rings is 1. The van der Waals surface area contributed by atoms with Crippen molar-refractivity contribution in [1.29, 1.82) is 0 Å². The van der Waals surface area contributed by atoms with Crippen molar-refractivity contribution in [3.63, 3.8) is 0 Å². The number of nitrogens with one attached hydrogen (secondary N) is 1. The highest BCUT2D eigenvalue weighted by Gasteiger charge is 2.26. The van der Waals surface area contributed by atoms with Crippen molar-refractivity contribution in [2.45, 2.75) is 4.90 Å². The summed E-state index contributed by atoms with van der Waals surface area (Å²) in [6, 6.07) is 5.61. The monoisotopic (exact) mass is 339 g/mol. The molecule has 1 aliphatic rings. The Morgan fingerprint density at radius 3 is 2.30 bits per heavy atom. The number of nitrogens with zero attached hydrogens (tertiary/aromatic N) is 1. The van der Waals surface area contributed by atoms with E-state index in [9.17, 15) is 23.1 Å². The van der Waals surface area contributed by atoms with Gasteiger partial charge in [-0.25, -0.2) is 8.42 Å². The maximum Gasteiger partial charge on any atom is 0.248 e. The molecule has 1 saturated heterocycles. The van der Waals surface area contributed by atoms with Gasteiger partial charge in [0.15, 0.2) is 0 Å². The number of carboxylic acid groups (broad SMARTS) is 1. The Bertz CT molecular complexity index is 705. The zero-order valence-corrected chi connectivity index (χ0v) is 12.9. The summed E-state index contributed by atoms with van der Waals surface area (Å²) in [4.78, 5) is 21.7. The SMILES string of the molecule is O=C([O-])/C=C/C(=O)Nc1ccc(S(=O)(=O)N2CCOCC2)cc1. The molecule has 9 heteroatoms. The molecule has 1 heterocycles. The van der Waals surface area contributed by atoms with Crippen LogP contribution in [0.1, 0.15) is 0 Å². The molecule has 1 N–H and O–H groups in total.